The lowest BCUT2D eigenvalue weighted by atomic mass is 9.85. The zero-order valence-electron chi connectivity index (χ0n) is 21.6. The largest absolute Gasteiger partial charge is 0.496 e. The minimum Gasteiger partial charge on any atom is -0.496 e. The molecule has 4 rings (SSSR count). The first-order valence-electron chi connectivity index (χ1n) is 12.2. The first-order valence-corrected chi connectivity index (χ1v) is 13.9. The van der Waals surface area contributed by atoms with Crippen LogP contribution >= 0.6 is 0 Å². The lowest BCUT2D eigenvalue weighted by Crippen LogP contribution is -2.25. The molecule has 1 heterocycles. The molecule has 0 fully saturated rings. The second-order valence-corrected chi connectivity index (χ2v) is 11.6. The van der Waals surface area contributed by atoms with E-state index in [9.17, 15) is 13.2 Å². The highest BCUT2D eigenvalue weighted by molar-refractivity contribution is 7.88. The Morgan fingerprint density at radius 1 is 1.03 bits per heavy atom. The number of carbonyl (C=O) groups excluding carboxylic acids is 1. The molecular formula is C29H33NO6S. The van der Waals surface area contributed by atoms with E-state index in [-0.39, 0.29) is 11.7 Å². The fourth-order valence-electron chi connectivity index (χ4n) is 4.89. The number of fused-ring (bicyclic) bond motifs is 3. The van der Waals surface area contributed by atoms with Crippen molar-refractivity contribution < 1.29 is 27.4 Å². The monoisotopic (exact) mass is 523 g/mol. The van der Waals surface area contributed by atoms with Crippen molar-refractivity contribution in [2.75, 3.05) is 14.2 Å². The number of esters is 1. The minimum atomic E-state index is -3.69. The summed E-state index contributed by atoms with van der Waals surface area (Å²) in [4.78, 5) is 12.0. The average Bonchev–Trinajstić information content (AvgIpc) is 2.86. The van der Waals surface area contributed by atoms with E-state index in [1.54, 1.807) is 13.2 Å². The number of benzene rings is 3. The van der Waals surface area contributed by atoms with Gasteiger partial charge in [0.1, 0.15) is 17.6 Å². The van der Waals surface area contributed by atoms with Crippen LogP contribution in [0, 0.1) is 5.41 Å². The number of sulfonamides is 1. The average molecular weight is 524 g/mol. The van der Waals surface area contributed by atoms with Crippen LogP contribution in [0.1, 0.15) is 55.0 Å². The van der Waals surface area contributed by atoms with Gasteiger partial charge in [-0.15, -0.1) is 0 Å². The highest BCUT2D eigenvalue weighted by Gasteiger charge is 2.31. The van der Waals surface area contributed by atoms with Gasteiger partial charge in [0.15, 0.2) is 0 Å². The van der Waals surface area contributed by atoms with Gasteiger partial charge in [-0.25, -0.2) is 13.6 Å². The molecule has 0 saturated heterocycles. The Balaban J connectivity index is 1.69. The molecule has 1 aliphatic rings. The molecule has 0 spiro atoms. The van der Waals surface area contributed by atoms with Gasteiger partial charge in [-0.2, -0.15) is 0 Å². The lowest BCUT2D eigenvalue weighted by molar-refractivity contribution is -0.151. The van der Waals surface area contributed by atoms with Crippen molar-refractivity contribution in [2.24, 2.45) is 10.6 Å². The van der Waals surface area contributed by atoms with Crippen molar-refractivity contribution in [3.8, 4) is 22.6 Å². The van der Waals surface area contributed by atoms with Gasteiger partial charge < -0.3 is 14.2 Å². The van der Waals surface area contributed by atoms with Gasteiger partial charge in [-0.1, -0.05) is 48.5 Å². The number of aryl methyl sites for hydroxylation is 1. The molecule has 0 aliphatic carbocycles. The number of carbonyl (C=O) groups is 1. The van der Waals surface area contributed by atoms with Crippen molar-refractivity contribution in [2.45, 2.75) is 45.0 Å². The molecule has 1 aliphatic heterocycles. The number of methoxy groups -OCH3 is 2. The summed E-state index contributed by atoms with van der Waals surface area (Å²) in [5.41, 5.74) is 4.73. The molecule has 1 atom stereocenters. The predicted molar refractivity (Wildman–Crippen MR) is 143 cm³/mol. The Morgan fingerprint density at radius 2 is 1.78 bits per heavy atom. The third kappa shape index (κ3) is 5.97. The lowest BCUT2D eigenvalue weighted by Gasteiger charge is -2.31. The summed E-state index contributed by atoms with van der Waals surface area (Å²) in [5.74, 6) is 0.902. The van der Waals surface area contributed by atoms with E-state index >= 15 is 0 Å². The molecule has 0 aromatic heterocycles. The van der Waals surface area contributed by atoms with Crippen LogP contribution in [0.3, 0.4) is 0 Å². The minimum absolute atomic E-state index is 0.210. The summed E-state index contributed by atoms with van der Waals surface area (Å²) < 4.78 is 40.6. The number of hydrogen-bond acceptors (Lipinski definition) is 6. The molecule has 0 bridgehead atoms. The third-order valence-electron chi connectivity index (χ3n) is 6.75. The summed E-state index contributed by atoms with van der Waals surface area (Å²) in [5, 5.41) is 5.33. The van der Waals surface area contributed by atoms with Crippen LogP contribution in [-0.2, 0) is 31.7 Å². The van der Waals surface area contributed by atoms with Crippen molar-refractivity contribution in [1.29, 1.82) is 0 Å². The van der Waals surface area contributed by atoms with Gasteiger partial charge >= 0.3 is 5.97 Å². The summed E-state index contributed by atoms with van der Waals surface area (Å²) in [6.07, 6.45) is 1.88. The molecule has 0 amide bonds. The highest BCUT2D eigenvalue weighted by atomic mass is 32.2. The number of nitrogens with two attached hydrogens (primary N) is 1. The summed E-state index contributed by atoms with van der Waals surface area (Å²) >= 11 is 0. The van der Waals surface area contributed by atoms with Crippen molar-refractivity contribution in [3.05, 3.63) is 82.9 Å². The summed E-state index contributed by atoms with van der Waals surface area (Å²) in [7, 11) is -0.668. The van der Waals surface area contributed by atoms with Crippen LogP contribution in [0.4, 0.5) is 0 Å². The van der Waals surface area contributed by atoms with Crippen LogP contribution in [-0.4, -0.2) is 28.6 Å². The van der Waals surface area contributed by atoms with Crippen molar-refractivity contribution in [3.63, 3.8) is 0 Å². The third-order valence-corrected chi connectivity index (χ3v) is 7.48. The number of rotatable bonds is 9. The molecular weight excluding hydrogens is 490 g/mol. The quantitative estimate of drug-likeness (QED) is 0.389. The van der Waals surface area contributed by atoms with Gasteiger partial charge in [0.25, 0.3) is 0 Å². The molecule has 0 radical (unpaired) electrons. The predicted octanol–water partition coefficient (Wildman–Crippen LogP) is 5.15. The van der Waals surface area contributed by atoms with Crippen LogP contribution in [0.2, 0.25) is 0 Å². The van der Waals surface area contributed by atoms with E-state index in [1.807, 2.05) is 56.3 Å². The first kappa shape index (κ1) is 26.7. The fourth-order valence-corrected chi connectivity index (χ4v) is 5.53. The van der Waals surface area contributed by atoms with Gasteiger partial charge in [0.2, 0.25) is 10.0 Å². The van der Waals surface area contributed by atoms with Gasteiger partial charge in [0, 0.05) is 5.56 Å². The molecule has 8 heteroatoms. The highest BCUT2D eigenvalue weighted by Crippen LogP contribution is 2.49. The molecule has 0 saturated carbocycles. The molecule has 3 aromatic carbocycles. The number of hydrogen-bond donors (Lipinski definition) is 1. The van der Waals surface area contributed by atoms with Gasteiger partial charge in [-0.3, -0.25) is 4.79 Å². The number of primary sulfonamides is 1. The van der Waals surface area contributed by atoms with Gasteiger partial charge in [-0.05, 0) is 67.5 Å². The maximum atomic E-state index is 12.0. The van der Waals surface area contributed by atoms with E-state index in [2.05, 4.69) is 12.1 Å². The van der Waals surface area contributed by atoms with Crippen molar-refractivity contribution in [1.82, 2.24) is 0 Å². The maximum absolute atomic E-state index is 12.0. The standard InChI is InChI=1S/C29H33NO6S/c1-29(2,28(31)35-4)15-7-9-19-8-5-10-21(16-19)27-23-17-20(18-37(30,32)33)13-14-22(23)26-24(34-3)11-6-12-25(26)36-27/h5-6,8,10-14,16-17,27H,7,9,15,18H2,1-4H3,(H2,30,32,33). The molecule has 196 valence electrons. The molecule has 3 aromatic rings. The molecule has 37 heavy (non-hydrogen) atoms. The number of ether oxygens (including phenoxy) is 3. The van der Waals surface area contributed by atoms with Crippen LogP contribution in [0.5, 0.6) is 11.5 Å². The van der Waals surface area contributed by atoms with E-state index < -0.39 is 21.5 Å². The van der Waals surface area contributed by atoms with Crippen LogP contribution in [0.25, 0.3) is 11.1 Å². The van der Waals surface area contributed by atoms with Crippen LogP contribution in [0.15, 0.2) is 60.7 Å². The van der Waals surface area contributed by atoms with E-state index in [0.29, 0.717) is 23.5 Å². The maximum Gasteiger partial charge on any atom is 0.311 e. The van der Waals surface area contributed by atoms with E-state index in [4.69, 9.17) is 19.3 Å². The fraction of sp³-hybridized carbons (Fsp3) is 0.345. The van der Waals surface area contributed by atoms with E-state index in [0.717, 1.165) is 40.7 Å². The Morgan fingerprint density at radius 3 is 2.49 bits per heavy atom. The summed E-state index contributed by atoms with van der Waals surface area (Å²) in [6, 6.07) is 19.4. The van der Waals surface area contributed by atoms with Gasteiger partial charge in [0.05, 0.1) is 31.0 Å². The van der Waals surface area contributed by atoms with E-state index in [1.165, 1.54) is 7.11 Å². The second-order valence-electron chi connectivity index (χ2n) is 10.0. The SMILES string of the molecule is COC(=O)C(C)(C)CCCc1cccc(C2Oc3cccc(OC)c3-c3ccc(CS(N)(=O)=O)cc32)c1. The van der Waals surface area contributed by atoms with Crippen molar-refractivity contribution >= 4 is 16.0 Å². The zero-order chi connectivity index (χ0) is 26.8. The molecule has 2 N–H and O–H groups in total. The first-order chi connectivity index (χ1) is 17.5. The Labute approximate surface area is 218 Å². The smallest absolute Gasteiger partial charge is 0.311 e. The topological polar surface area (TPSA) is 105 Å². The molecule has 7 nitrogen and oxygen atoms in total. The zero-order valence-corrected chi connectivity index (χ0v) is 22.4. The summed E-state index contributed by atoms with van der Waals surface area (Å²) in [6.45, 7) is 3.79. The Kier molecular flexibility index (Phi) is 7.62. The second kappa shape index (κ2) is 10.6. The Bertz CT molecular complexity index is 1410. The normalized spacial score (nSPS) is 14.8. The van der Waals surface area contributed by atoms with Crippen LogP contribution < -0.4 is 14.6 Å². The molecule has 1 unspecified atom stereocenters. The Hall–Kier alpha value is -3.36.